The van der Waals surface area contributed by atoms with E-state index in [1.807, 2.05) is 0 Å². The number of carbonyl (C=O) groups is 2. The van der Waals surface area contributed by atoms with Gasteiger partial charge >= 0.3 is 5.97 Å². The Kier molecular flexibility index (Phi) is 2.30. The molecule has 0 saturated heterocycles. The molecular formula is C11H10O5. The van der Waals surface area contributed by atoms with Gasteiger partial charge in [0.2, 0.25) is 6.79 Å². The number of rotatable bonds is 2. The molecule has 0 radical (unpaired) electrons. The smallest absolute Gasteiger partial charge is 0.377 e. The van der Waals surface area contributed by atoms with Crippen LogP contribution in [-0.4, -0.2) is 23.7 Å². The number of fused-ring (bicyclic) bond motifs is 1. The molecule has 0 atom stereocenters. The van der Waals surface area contributed by atoms with Crippen molar-refractivity contribution in [2.45, 2.75) is 13.8 Å². The largest absolute Gasteiger partial charge is 0.475 e. The minimum absolute atomic E-state index is 0.0120. The standard InChI is InChI=1S/C11H10O5/c1-5-3-7-10(16-4-15-7)8(6(5)2)9(12)11(13)14/h3H,4H2,1-2H3,(H,13,14). The van der Waals surface area contributed by atoms with Gasteiger partial charge in [0, 0.05) is 0 Å². The number of carboxylic acid groups (broad SMARTS) is 1. The summed E-state index contributed by atoms with van der Waals surface area (Å²) in [5.74, 6) is -1.81. The van der Waals surface area contributed by atoms with Crippen LogP contribution in [0.1, 0.15) is 21.5 Å². The summed E-state index contributed by atoms with van der Waals surface area (Å²) in [6.45, 7) is 3.49. The molecule has 0 unspecified atom stereocenters. The molecule has 1 aliphatic rings. The Balaban J connectivity index is 2.68. The molecule has 0 aliphatic carbocycles. The summed E-state index contributed by atoms with van der Waals surface area (Å²) in [5.41, 5.74) is 1.49. The molecule has 1 aromatic carbocycles. The molecule has 2 rings (SSSR count). The van der Waals surface area contributed by atoms with Gasteiger partial charge in [-0.2, -0.15) is 0 Å². The van der Waals surface area contributed by atoms with Gasteiger partial charge in [0.05, 0.1) is 5.56 Å². The predicted octanol–water partition coefficient (Wildman–Crippen LogP) is 1.30. The van der Waals surface area contributed by atoms with Crippen molar-refractivity contribution in [1.29, 1.82) is 0 Å². The highest BCUT2D eigenvalue weighted by atomic mass is 16.7. The molecule has 1 heterocycles. The van der Waals surface area contributed by atoms with E-state index in [9.17, 15) is 9.59 Å². The van der Waals surface area contributed by atoms with Crippen LogP contribution in [0.3, 0.4) is 0 Å². The minimum atomic E-state index is -1.49. The average molecular weight is 222 g/mol. The fourth-order valence-corrected chi connectivity index (χ4v) is 1.64. The van der Waals surface area contributed by atoms with E-state index < -0.39 is 11.8 Å². The van der Waals surface area contributed by atoms with Crippen molar-refractivity contribution in [3.8, 4) is 11.5 Å². The maximum Gasteiger partial charge on any atom is 0.377 e. The second kappa shape index (κ2) is 3.52. The van der Waals surface area contributed by atoms with Crippen LogP contribution in [0.2, 0.25) is 0 Å². The molecule has 0 amide bonds. The van der Waals surface area contributed by atoms with Crippen molar-refractivity contribution in [1.82, 2.24) is 0 Å². The summed E-state index contributed by atoms with van der Waals surface area (Å²) in [6, 6.07) is 1.73. The Morgan fingerprint density at radius 3 is 2.62 bits per heavy atom. The lowest BCUT2D eigenvalue weighted by atomic mass is 9.98. The molecule has 0 spiro atoms. The van der Waals surface area contributed by atoms with E-state index in [-0.39, 0.29) is 18.1 Å². The fraction of sp³-hybridized carbons (Fsp3) is 0.273. The van der Waals surface area contributed by atoms with Crippen molar-refractivity contribution in [2.24, 2.45) is 0 Å². The van der Waals surface area contributed by atoms with Gasteiger partial charge in [-0.15, -0.1) is 0 Å². The Hall–Kier alpha value is -2.04. The van der Waals surface area contributed by atoms with Crippen LogP contribution >= 0.6 is 0 Å². The summed E-state index contributed by atoms with van der Waals surface area (Å²) < 4.78 is 10.3. The molecule has 1 aromatic rings. The van der Waals surface area contributed by atoms with Crippen LogP contribution in [0.15, 0.2) is 6.07 Å². The summed E-state index contributed by atoms with van der Waals surface area (Å²) >= 11 is 0. The van der Waals surface area contributed by atoms with Crippen LogP contribution in [0.25, 0.3) is 0 Å². The lowest BCUT2D eigenvalue weighted by Gasteiger charge is -2.09. The normalized spacial score (nSPS) is 12.6. The lowest BCUT2D eigenvalue weighted by molar-refractivity contribution is -0.131. The van der Waals surface area contributed by atoms with Gasteiger partial charge in [0.15, 0.2) is 11.5 Å². The Bertz CT molecular complexity index is 490. The molecule has 5 heteroatoms. The number of aryl methyl sites for hydroxylation is 1. The third-order valence-electron chi connectivity index (χ3n) is 2.60. The third kappa shape index (κ3) is 1.41. The number of benzene rings is 1. The van der Waals surface area contributed by atoms with Crippen LogP contribution in [0.5, 0.6) is 11.5 Å². The van der Waals surface area contributed by atoms with Crippen LogP contribution in [0, 0.1) is 13.8 Å². The molecular weight excluding hydrogens is 212 g/mol. The Morgan fingerprint density at radius 2 is 2.00 bits per heavy atom. The highest BCUT2D eigenvalue weighted by Crippen LogP contribution is 2.39. The van der Waals surface area contributed by atoms with Crippen LogP contribution < -0.4 is 9.47 Å². The molecule has 0 fully saturated rings. The van der Waals surface area contributed by atoms with Gasteiger partial charge in [-0.05, 0) is 31.0 Å². The molecule has 5 nitrogen and oxygen atoms in total. The quantitative estimate of drug-likeness (QED) is 0.603. The zero-order chi connectivity index (χ0) is 11.9. The Labute approximate surface area is 91.6 Å². The van der Waals surface area contributed by atoms with Gasteiger partial charge in [-0.1, -0.05) is 0 Å². The topological polar surface area (TPSA) is 72.8 Å². The molecule has 1 N–H and O–H groups in total. The fourth-order valence-electron chi connectivity index (χ4n) is 1.64. The number of Topliss-reactive ketones (excluding diaryl/α,β-unsaturated/α-hetero) is 1. The van der Waals surface area contributed by atoms with E-state index >= 15 is 0 Å². The monoisotopic (exact) mass is 222 g/mol. The van der Waals surface area contributed by atoms with Crippen molar-refractivity contribution in [3.63, 3.8) is 0 Å². The third-order valence-corrected chi connectivity index (χ3v) is 2.60. The summed E-state index contributed by atoms with van der Waals surface area (Å²) in [7, 11) is 0. The highest BCUT2D eigenvalue weighted by Gasteiger charge is 2.29. The molecule has 1 aliphatic heterocycles. The zero-order valence-corrected chi connectivity index (χ0v) is 8.86. The van der Waals surface area contributed by atoms with E-state index in [2.05, 4.69) is 0 Å². The number of ether oxygens (including phenoxy) is 2. The summed E-state index contributed by atoms with van der Waals surface area (Å²) in [4.78, 5) is 22.3. The van der Waals surface area contributed by atoms with E-state index in [0.29, 0.717) is 11.3 Å². The molecule has 84 valence electrons. The van der Waals surface area contributed by atoms with Crippen molar-refractivity contribution < 1.29 is 24.2 Å². The maximum atomic E-state index is 11.5. The SMILES string of the molecule is Cc1cc2c(c(C(=O)C(=O)O)c1C)OCO2. The molecule has 0 aromatic heterocycles. The lowest BCUT2D eigenvalue weighted by Crippen LogP contribution is -2.15. The maximum absolute atomic E-state index is 11.5. The van der Waals surface area contributed by atoms with Gasteiger partial charge < -0.3 is 14.6 Å². The number of aliphatic carboxylic acids is 1. The number of carbonyl (C=O) groups excluding carboxylic acids is 1. The second-order valence-corrected chi connectivity index (χ2v) is 3.56. The first-order valence-corrected chi connectivity index (χ1v) is 4.69. The van der Waals surface area contributed by atoms with Crippen molar-refractivity contribution in [2.75, 3.05) is 6.79 Å². The van der Waals surface area contributed by atoms with Crippen molar-refractivity contribution >= 4 is 11.8 Å². The zero-order valence-electron chi connectivity index (χ0n) is 8.86. The van der Waals surface area contributed by atoms with E-state index in [1.54, 1.807) is 19.9 Å². The molecule has 0 bridgehead atoms. The van der Waals surface area contributed by atoms with Gasteiger partial charge in [0.1, 0.15) is 0 Å². The van der Waals surface area contributed by atoms with E-state index in [0.717, 1.165) is 5.56 Å². The number of carboxylic acids is 1. The second-order valence-electron chi connectivity index (χ2n) is 3.56. The van der Waals surface area contributed by atoms with Gasteiger partial charge in [-0.3, -0.25) is 4.79 Å². The van der Waals surface area contributed by atoms with Gasteiger partial charge in [0.25, 0.3) is 5.78 Å². The summed E-state index contributed by atoms with van der Waals surface area (Å²) in [6.07, 6.45) is 0. The first kappa shape index (κ1) is 10.5. The highest BCUT2D eigenvalue weighted by molar-refractivity contribution is 6.41. The van der Waals surface area contributed by atoms with E-state index in [1.165, 1.54) is 0 Å². The summed E-state index contributed by atoms with van der Waals surface area (Å²) in [5, 5.41) is 8.74. The predicted molar refractivity (Wildman–Crippen MR) is 54.0 cm³/mol. The Morgan fingerprint density at radius 1 is 1.31 bits per heavy atom. The first-order chi connectivity index (χ1) is 7.52. The van der Waals surface area contributed by atoms with E-state index in [4.69, 9.17) is 14.6 Å². The average Bonchev–Trinajstić information content (AvgIpc) is 2.66. The van der Waals surface area contributed by atoms with Crippen LogP contribution in [0.4, 0.5) is 0 Å². The number of hydrogen-bond donors (Lipinski definition) is 1. The minimum Gasteiger partial charge on any atom is -0.475 e. The van der Waals surface area contributed by atoms with Crippen LogP contribution in [-0.2, 0) is 4.79 Å². The first-order valence-electron chi connectivity index (χ1n) is 4.69. The van der Waals surface area contributed by atoms with Crippen molar-refractivity contribution in [3.05, 3.63) is 22.8 Å². The molecule has 0 saturated carbocycles. The number of ketones is 1. The number of hydrogen-bond acceptors (Lipinski definition) is 4. The molecule has 16 heavy (non-hydrogen) atoms. The van der Waals surface area contributed by atoms with Gasteiger partial charge in [-0.25, -0.2) is 4.79 Å².